The van der Waals surface area contributed by atoms with Crippen LogP contribution in [0, 0.1) is 0 Å². The molecule has 0 aliphatic heterocycles. The summed E-state index contributed by atoms with van der Waals surface area (Å²) in [7, 11) is 0. The van der Waals surface area contributed by atoms with Crippen LogP contribution in [-0.2, 0) is 12.8 Å². The molecule has 0 amide bonds. The van der Waals surface area contributed by atoms with Crippen molar-refractivity contribution >= 4 is 0 Å². The van der Waals surface area contributed by atoms with Crippen LogP contribution < -0.4 is 5.32 Å². The second-order valence-corrected chi connectivity index (χ2v) is 4.54. The first-order chi connectivity index (χ1) is 7.25. The van der Waals surface area contributed by atoms with Crippen LogP contribution in [0.15, 0.2) is 36.4 Å². The van der Waals surface area contributed by atoms with Crippen LogP contribution in [0.25, 0.3) is 0 Å². The van der Waals surface area contributed by atoms with Gasteiger partial charge in [0, 0.05) is 6.04 Å². The largest absolute Gasteiger partial charge is 0.313 e. The molecular formula is C14H19N. The third kappa shape index (κ3) is 2.69. The fourth-order valence-corrected chi connectivity index (χ4v) is 2.19. The lowest BCUT2D eigenvalue weighted by atomic mass is 10.1. The molecular weight excluding hydrogens is 182 g/mol. The van der Waals surface area contributed by atoms with Gasteiger partial charge in [0.05, 0.1) is 0 Å². The summed E-state index contributed by atoms with van der Waals surface area (Å²) in [4.78, 5) is 0. The van der Waals surface area contributed by atoms with Crippen molar-refractivity contribution in [2.24, 2.45) is 0 Å². The van der Waals surface area contributed by atoms with E-state index in [9.17, 15) is 0 Å². The number of fused-ring (bicyclic) bond motifs is 1. The highest BCUT2D eigenvalue weighted by Crippen LogP contribution is 2.21. The van der Waals surface area contributed by atoms with E-state index in [1.807, 2.05) is 0 Å². The Hall–Kier alpha value is -1.08. The van der Waals surface area contributed by atoms with Crippen molar-refractivity contribution in [1.82, 2.24) is 5.32 Å². The molecule has 80 valence electrons. The molecule has 0 unspecified atom stereocenters. The van der Waals surface area contributed by atoms with Crippen LogP contribution >= 0.6 is 0 Å². The summed E-state index contributed by atoms with van der Waals surface area (Å²) >= 11 is 0. The van der Waals surface area contributed by atoms with Crippen LogP contribution in [0.4, 0.5) is 0 Å². The van der Waals surface area contributed by atoms with E-state index in [1.54, 1.807) is 0 Å². The molecule has 2 rings (SSSR count). The predicted octanol–water partition coefficient (Wildman–Crippen LogP) is 2.71. The highest BCUT2D eigenvalue weighted by atomic mass is 14.9. The standard InChI is InChI=1S/C14H19N/c1-11(2)7-8-15-14-9-12-5-3-4-6-13(12)10-14/h3-6,14-15H,1,7-10H2,2H3. The Kier molecular flexibility index (Phi) is 3.22. The molecule has 0 saturated carbocycles. The summed E-state index contributed by atoms with van der Waals surface area (Å²) in [6.45, 7) is 7.07. The Morgan fingerprint density at radius 3 is 2.47 bits per heavy atom. The summed E-state index contributed by atoms with van der Waals surface area (Å²) in [5.74, 6) is 0. The van der Waals surface area contributed by atoms with Crippen molar-refractivity contribution in [2.75, 3.05) is 6.54 Å². The molecule has 0 aromatic heterocycles. The summed E-state index contributed by atoms with van der Waals surface area (Å²) in [5, 5.41) is 3.60. The molecule has 0 saturated heterocycles. The molecule has 15 heavy (non-hydrogen) atoms. The van der Waals surface area contributed by atoms with Crippen molar-refractivity contribution in [2.45, 2.75) is 32.2 Å². The van der Waals surface area contributed by atoms with Gasteiger partial charge in [-0.05, 0) is 43.9 Å². The summed E-state index contributed by atoms with van der Waals surface area (Å²) in [5.41, 5.74) is 4.30. The highest BCUT2D eigenvalue weighted by molar-refractivity contribution is 5.33. The maximum absolute atomic E-state index is 3.92. The van der Waals surface area contributed by atoms with E-state index < -0.39 is 0 Å². The maximum Gasteiger partial charge on any atom is 0.0148 e. The Morgan fingerprint density at radius 2 is 1.93 bits per heavy atom. The van der Waals surface area contributed by atoms with E-state index in [2.05, 4.69) is 43.1 Å². The molecule has 1 nitrogen and oxygen atoms in total. The van der Waals surface area contributed by atoms with Gasteiger partial charge < -0.3 is 5.32 Å². The van der Waals surface area contributed by atoms with Gasteiger partial charge >= 0.3 is 0 Å². The monoisotopic (exact) mass is 201 g/mol. The van der Waals surface area contributed by atoms with E-state index in [-0.39, 0.29) is 0 Å². The molecule has 1 aromatic rings. The Balaban J connectivity index is 1.83. The normalized spacial score (nSPS) is 15.3. The van der Waals surface area contributed by atoms with Gasteiger partial charge in [-0.15, -0.1) is 6.58 Å². The van der Waals surface area contributed by atoms with Gasteiger partial charge in [0.15, 0.2) is 0 Å². The quantitative estimate of drug-likeness (QED) is 0.739. The van der Waals surface area contributed by atoms with Crippen molar-refractivity contribution in [3.05, 3.63) is 47.5 Å². The second kappa shape index (κ2) is 4.63. The van der Waals surface area contributed by atoms with E-state index in [1.165, 1.54) is 29.5 Å². The van der Waals surface area contributed by atoms with Crippen molar-refractivity contribution in [1.29, 1.82) is 0 Å². The van der Waals surface area contributed by atoms with Gasteiger partial charge in [-0.25, -0.2) is 0 Å². The second-order valence-electron chi connectivity index (χ2n) is 4.54. The molecule has 0 bridgehead atoms. The van der Waals surface area contributed by atoms with Crippen LogP contribution in [0.2, 0.25) is 0 Å². The lowest BCUT2D eigenvalue weighted by molar-refractivity contribution is 0.536. The molecule has 0 spiro atoms. The summed E-state index contributed by atoms with van der Waals surface area (Å²) < 4.78 is 0. The van der Waals surface area contributed by atoms with Gasteiger partial charge in [0.25, 0.3) is 0 Å². The van der Waals surface area contributed by atoms with E-state index in [0.717, 1.165) is 13.0 Å². The minimum atomic E-state index is 0.641. The summed E-state index contributed by atoms with van der Waals surface area (Å²) in [6, 6.07) is 9.40. The lowest BCUT2D eigenvalue weighted by Gasteiger charge is -2.11. The number of hydrogen-bond acceptors (Lipinski definition) is 1. The Labute approximate surface area is 92.2 Å². The Morgan fingerprint density at radius 1 is 1.33 bits per heavy atom. The summed E-state index contributed by atoms with van der Waals surface area (Å²) in [6.07, 6.45) is 3.46. The van der Waals surface area contributed by atoms with Gasteiger partial charge in [-0.3, -0.25) is 0 Å². The molecule has 1 N–H and O–H groups in total. The first kappa shape index (κ1) is 10.4. The molecule has 0 atom stereocenters. The third-order valence-corrected chi connectivity index (χ3v) is 3.04. The van der Waals surface area contributed by atoms with Crippen molar-refractivity contribution in [3.8, 4) is 0 Å². The Bertz CT molecular complexity index is 329. The average molecular weight is 201 g/mol. The minimum absolute atomic E-state index is 0.641. The molecule has 0 radical (unpaired) electrons. The molecule has 1 aliphatic carbocycles. The number of rotatable bonds is 4. The molecule has 0 fully saturated rings. The van der Waals surface area contributed by atoms with Gasteiger partial charge in [-0.2, -0.15) is 0 Å². The lowest BCUT2D eigenvalue weighted by Crippen LogP contribution is -2.30. The highest BCUT2D eigenvalue weighted by Gasteiger charge is 2.19. The van der Waals surface area contributed by atoms with Gasteiger partial charge in [0.1, 0.15) is 0 Å². The topological polar surface area (TPSA) is 12.0 Å². The van der Waals surface area contributed by atoms with E-state index in [0.29, 0.717) is 6.04 Å². The van der Waals surface area contributed by atoms with Crippen molar-refractivity contribution < 1.29 is 0 Å². The van der Waals surface area contributed by atoms with Crippen LogP contribution in [0.5, 0.6) is 0 Å². The number of nitrogens with one attached hydrogen (secondary N) is 1. The zero-order valence-corrected chi connectivity index (χ0v) is 9.42. The van der Waals surface area contributed by atoms with Crippen LogP contribution in [0.3, 0.4) is 0 Å². The van der Waals surface area contributed by atoms with Crippen LogP contribution in [-0.4, -0.2) is 12.6 Å². The fraction of sp³-hybridized carbons (Fsp3) is 0.429. The zero-order chi connectivity index (χ0) is 10.7. The van der Waals surface area contributed by atoms with Gasteiger partial charge in [0.2, 0.25) is 0 Å². The molecule has 1 heteroatoms. The average Bonchev–Trinajstić information content (AvgIpc) is 2.59. The smallest absolute Gasteiger partial charge is 0.0148 e. The first-order valence-electron chi connectivity index (χ1n) is 5.70. The zero-order valence-electron chi connectivity index (χ0n) is 9.42. The van der Waals surface area contributed by atoms with E-state index in [4.69, 9.17) is 0 Å². The molecule has 1 aromatic carbocycles. The minimum Gasteiger partial charge on any atom is -0.313 e. The van der Waals surface area contributed by atoms with Crippen molar-refractivity contribution in [3.63, 3.8) is 0 Å². The van der Waals surface area contributed by atoms with Gasteiger partial charge in [-0.1, -0.05) is 29.8 Å². The number of hydrogen-bond donors (Lipinski definition) is 1. The molecule has 0 heterocycles. The molecule has 1 aliphatic rings. The fourth-order valence-electron chi connectivity index (χ4n) is 2.19. The van der Waals surface area contributed by atoms with E-state index >= 15 is 0 Å². The van der Waals surface area contributed by atoms with Crippen LogP contribution in [0.1, 0.15) is 24.5 Å². The maximum atomic E-state index is 3.92. The number of benzene rings is 1. The first-order valence-corrected chi connectivity index (χ1v) is 5.70. The SMILES string of the molecule is C=C(C)CCNC1Cc2ccccc2C1. The third-order valence-electron chi connectivity index (χ3n) is 3.04. The predicted molar refractivity (Wildman–Crippen MR) is 65.1 cm³/mol.